The Morgan fingerprint density at radius 2 is 1.95 bits per heavy atom. The first-order valence-corrected chi connectivity index (χ1v) is 7.27. The Morgan fingerprint density at radius 1 is 1.15 bits per heavy atom. The molecule has 2 aromatic rings. The molecule has 3 rings (SSSR count). The summed E-state index contributed by atoms with van der Waals surface area (Å²) in [7, 11) is 0. The molecule has 2 heteroatoms. The van der Waals surface area contributed by atoms with Gasteiger partial charge in [-0.2, -0.15) is 0 Å². The van der Waals surface area contributed by atoms with Crippen LogP contribution in [-0.2, 0) is 6.42 Å². The van der Waals surface area contributed by atoms with E-state index in [0.717, 1.165) is 24.9 Å². The Labute approximate surface area is 119 Å². The minimum atomic E-state index is -0.129. The topological polar surface area (TPSA) is 12.0 Å². The smallest absolute Gasteiger partial charge is 0.123 e. The largest absolute Gasteiger partial charge is 0.313 e. The Kier molecular flexibility index (Phi) is 3.83. The van der Waals surface area contributed by atoms with E-state index in [-0.39, 0.29) is 5.82 Å². The molecule has 1 fully saturated rings. The van der Waals surface area contributed by atoms with Crippen molar-refractivity contribution in [2.24, 2.45) is 0 Å². The van der Waals surface area contributed by atoms with Crippen LogP contribution in [0.3, 0.4) is 0 Å². The lowest BCUT2D eigenvalue weighted by molar-refractivity contribution is 0.538. The maximum atomic E-state index is 13.5. The van der Waals surface area contributed by atoms with Crippen molar-refractivity contribution in [2.45, 2.75) is 31.7 Å². The molecule has 1 heterocycles. The highest BCUT2D eigenvalue weighted by Gasteiger charge is 2.29. The molecule has 2 atom stereocenters. The number of hydrogen-bond donors (Lipinski definition) is 1. The van der Waals surface area contributed by atoms with E-state index in [4.69, 9.17) is 0 Å². The molecule has 0 spiro atoms. The van der Waals surface area contributed by atoms with Gasteiger partial charge in [-0.05, 0) is 55.1 Å². The van der Waals surface area contributed by atoms with Gasteiger partial charge in [0.2, 0.25) is 0 Å². The molecule has 2 unspecified atom stereocenters. The van der Waals surface area contributed by atoms with E-state index in [9.17, 15) is 4.39 Å². The third-order valence-corrected chi connectivity index (χ3v) is 4.29. The van der Waals surface area contributed by atoms with E-state index in [0.29, 0.717) is 12.0 Å². The summed E-state index contributed by atoms with van der Waals surface area (Å²) in [5, 5.41) is 3.58. The number of halogens is 1. The third kappa shape index (κ3) is 2.75. The Bertz CT molecular complexity index is 579. The molecule has 1 aliphatic heterocycles. The Morgan fingerprint density at radius 3 is 2.75 bits per heavy atom. The highest BCUT2D eigenvalue weighted by atomic mass is 19.1. The molecule has 0 aliphatic carbocycles. The number of hydrogen-bond acceptors (Lipinski definition) is 1. The summed E-state index contributed by atoms with van der Waals surface area (Å²) in [5.41, 5.74) is 3.69. The Hall–Kier alpha value is -1.67. The molecule has 1 aliphatic rings. The van der Waals surface area contributed by atoms with Gasteiger partial charge in [-0.25, -0.2) is 4.39 Å². The number of nitrogens with one attached hydrogen (secondary N) is 1. The standard InChI is InChI=1S/C18H20FN/c1-13-7-8-15(19)12-17(13)16-9-10-20-18(16)11-14-5-3-2-4-6-14/h2-8,12,16,18,20H,9-11H2,1H3. The normalized spacial score (nSPS) is 22.1. The van der Waals surface area contributed by atoms with Gasteiger partial charge < -0.3 is 5.32 Å². The van der Waals surface area contributed by atoms with Crippen LogP contribution in [-0.4, -0.2) is 12.6 Å². The molecular formula is C18H20FN. The molecule has 0 radical (unpaired) electrons. The first kappa shape index (κ1) is 13.3. The van der Waals surface area contributed by atoms with Gasteiger partial charge in [0.15, 0.2) is 0 Å². The van der Waals surface area contributed by atoms with E-state index in [1.54, 1.807) is 12.1 Å². The fraction of sp³-hybridized carbons (Fsp3) is 0.333. The van der Waals surface area contributed by atoms with E-state index in [1.807, 2.05) is 12.1 Å². The summed E-state index contributed by atoms with van der Waals surface area (Å²) in [4.78, 5) is 0. The first-order valence-electron chi connectivity index (χ1n) is 7.27. The second kappa shape index (κ2) is 5.76. The number of benzene rings is 2. The monoisotopic (exact) mass is 269 g/mol. The summed E-state index contributed by atoms with van der Waals surface area (Å²) in [5.74, 6) is 0.280. The quantitative estimate of drug-likeness (QED) is 0.893. The maximum Gasteiger partial charge on any atom is 0.123 e. The van der Waals surface area contributed by atoms with Crippen LogP contribution >= 0.6 is 0 Å². The van der Waals surface area contributed by atoms with Crippen molar-refractivity contribution in [3.05, 3.63) is 71.0 Å². The van der Waals surface area contributed by atoms with Crippen molar-refractivity contribution in [2.75, 3.05) is 6.54 Å². The fourth-order valence-electron chi connectivity index (χ4n) is 3.23. The van der Waals surface area contributed by atoms with Crippen molar-refractivity contribution >= 4 is 0 Å². The minimum absolute atomic E-state index is 0.129. The fourth-order valence-corrected chi connectivity index (χ4v) is 3.23. The number of aryl methyl sites for hydroxylation is 1. The highest BCUT2D eigenvalue weighted by molar-refractivity contribution is 5.33. The lowest BCUT2D eigenvalue weighted by Gasteiger charge is -2.22. The molecule has 0 saturated carbocycles. The molecule has 2 aromatic carbocycles. The third-order valence-electron chi connectivity index (χ3n) is 4.29. The van der Waals surface area contributed by atoms with Crippen LogP contribution in [0.15, 0.2) is 48.5 Å². The van der Waals surface area contributed by atoms with Crippen molar-refractivity contribution in [3.63, 3.8) is 0 Å². The zero-order chi connectivity index (χ0) is 13.9. The van der Waals surface area contributed by atoms with Crippen LogP contribution in [0.4, 0.5) is 4.39 Å². The van der Waals surface area contributed by atoms with Crippen molar-refractivity contribution in [1.29, 1.82) is 0 Å². The van der Waals surface area contributed by atoms with Crippen LogP contribution in [0.5, 0.6) is 0 Å². The first-order chi connectivity index (χ1) is 9.74. The van der Waals surface area contributed by atoms with Crippen molar-refractivity contribution in [3.8, 4) is 0 Å². The average Bonchev–Trinajstić information content (AvgIpc) is 2.91. The van der Waals surface area contributed by atoms with Gasteiger partial charge in [0, 0.05) is 12.0 Å². The summed E-state index contributed by atoms with van der Waals surface area (Å²) in [6.45, 7) is 3.09. The molecule has 0 aromatic heterocycles. The molecule has 1 N–H and O–H groups in total. The second-order valence-electron chi connectivity index (χ2n) is 5.65. The predicted molar refractivity (Wildman–Crippen MR) is 80.4 cm³/mol. The van der Waals surface area contributed by atoms with Gasteiger partial charge in [0.1, 0.15) is 5.82 Å². The molecule has 20 heavy (non-hydrogen) atoms. The molecule has 104 valence electrons. The van der Waals surface area contributed by atoms with Crippen molar-refractivity contribution in [1.82, 2.24) is 5.32 Å². The molecule has 1 saturated heterocycles. The summed E-state index contributed by atoms with van der Waals surface area (Å²) >= 11 is 0. The minimum Gasteiger partial charge on any atom is -0.313 e. The maximum absolute atomic E-state index is 13.5. The predicted octanol–water partition coefficient (Wildman–Crippen LogP) is 3.82. The average molecular weight is 269 g/mol. The summed E-state index contributed by atoms with van der Waals surface area (Å²) < 4.78 is 13.5. The lowest BCUT2D eigenvalue weighted by Crippen LogP contribution is -2.28. The Balaban J connectivity index is 1.83. The zero-order valence-corrected chi connectivity index (χ0v) is 11.8. The van der Waals surface area contributed by atoms with Crippen LogP contribution in [0.25, 0.3) is 0 Å². The van der Waals surface area contributed by atoms with Gasteiger partial charge in [0.25, 0.3) is 0 Å². The van der Waals surface area contributed by atoms with Gasteiger partial charge in [-0.3, -0.25) is 0 Å². The zero-order valence-electron chi connectivity index (χ0n) is 11.8. The van der Waals surface area contributed by atoms with Gasteiger partial charge >= 0.3 is 0 Å². The van der Waals surface area contributed by atoms with Crippen LogP contribution in [0, 0.1) is 12.7 Å². The number of rotatable bonds is 3. The van der Waals surface area contributed by atoms with E-state index < -0.39 is 0 Å². The van der Waals surface area contributed by atoms with Crippen LogP contribution in [0.1, 0.15) is 29.0 Å². The SMILES string of the molecule is Cc1ccc(F)cc1C1CCNC1Cc1ccccc1. The molecule has 1 nitrogen and oxygen atoms in total. The van der Waals surface area contributed by atoms with Crippen LogP contribution in [0.2, 0.25) is 0 Å². The van der Waals surface area contributed by atoms with E-state index >= 15 is 0 Å². The second-order valence-corrected chi connectivity index (χ2v) is 5.65. The summed E-state index contributed by atoms with van der Waals surface area (Å²) in [6.07, 6.45) is 2.09. The highest BCUT2D eigenvalue weighted by Crippen LogP contribution is 2.32. The summed E-state index contributed by atoms with van der Waals surface area (Å²) in [6, 6.07) is 16.1. The van der Waals surface area contributed by atoms with E-state index in [2.05, 4.69) is 36.5 Å². The van der Waals surface area contributed by atoms with Gasteiger partial charge in [0.05, 0.1) is 0 Å². The molecular weight excluding hydrogens is 249 g/mol. The lowest BCUT2D eigenvalue weighted by atomic mass is 9.86. The van der Waals surface area contributed by atoms with Gasteiger partial charge in [-0.1, -0.05) is 36.4 Å². The molecule has 0 amide bonds. The molecule has 0 bridgehead atoms. The van der Waals surface area contributed by atoms with Crippen molar-refractivity contribution < 1.29 is 4.39 Å². The van der Waals surface area contributed by atoms with Crippen LogP contribution < -0.4 is 5.32 Å². The van der Waals surface area contributed by atoms with Gasteiger partial charge in [-0.15, -0.1) is 0 Å². The van der Waals surface area contributed by atoms with E-state index in [1.165, 1.54) is 11.1 Å².